The average Bonchev–Trinajstić information content (AvgIpc) is 3.37. The molecular weight excluding hydrogens is 424 g/mol. The van der Waals surface area contributed by atoms with Crippen LogP contribution in [0.15, 0.2) is 44.6 Å². The summed E-state index contributed by atoms with van der Waals surface area (Å²) in [5, 5.41) is 4.04. The molecule has 0 spiro atoms. The lowest BCUT2D eigenvalue weighted by atomic mass is 10.2. The first-order valence-electron chi connectivity index (χ1n) is 8.66. The van der Waals surface area contributed by atoms with Crippen LogP contribution in [0.4, 0.5) is 8.78 Å². The molecule has 5 nitrogen and oxygen atoms in total. The van der Waals surface area contributed by atoms with Crippen molar-refractivity contribution in [3.63, 3.8) is 0 Å². The van der Waals surface area contributed by atoms with E-state index < -0.39 is 6.43 Å². The summed E-state index contributed by atoms with van der Waals surface area (Å²) >= 11 is 8.87. The third kappa shape index (κ3) is 8.14. The van der Waals surface area contributed by atoms with Crippen molar-refractivity contribution >= 4 is 47.1 Å². The quantitative estimate of drug-likeness (QED) is 0.240. The molecule has 1 aliphatic carbocycles. The predicted molar refractivity (Wildman–Crippen MR) is 121 cm³/mol. The smallest absolute Gasteiger partial charge is 0.287 e. The SMILES string of the molecule is C=C(CS/C(=N\NC)C(F)F)N1C=C(SNC2(C)CC2)C=C(Cl)C1C.C=NC. The Hall–Kier alpha value is -1.03. The number of nitrogens with zero attached hydrogens (tertiary/aromatic N) is 3. The summed E-state index contributed by atoms with van der Waals surface area (Å²) in [4.78, 5) is 6.15. The molecular formula is C18H28ClF2N5S2. The van der Waals surface area contributed by atoms with Crippen LogP contribution in [-0.2, 0) is 0 Å². The second-order valence-electron chi connectivity index (χ2n) is 6.55. The number of rotatable bonds is 8. The summed E-state index contributed by atoms with van der Waals surface area (Å²) in [6.45, 7) is 11.3. The van der Waals surface area contributed by atoms with Crippen molar-refractivity contribution < 1.29 is 8.78 Å². The van der Waals surface area contributed by atoms with Crippen LogP contribution in [0.25, 0.3) is 0 Å². The minimum Gasteiger partial charge on any atom is -0.342 e. The first-order valence-corrected chi connectivity index (χ1v) is 10.8. The number of hydrogen-bond donors (Lipinski definition) is 2. The first-order chi connectivity index (χ1) is 13.2. The monoisotopic (exact) mass is 451 g/mol. The molecule has 0 aromatic carbocycles. The lowest BCUT2D eigenvalue weighted by molar-refractivity contribution is 0.228. The van der Waals surface area contributed by atoms with E-state index in [1.165, 1.54) is 19.0 Å². The molecule has 1 heterocycles. The minimum absolute atomic E-state index is 0.0770. The first kappa shape index (κ1) is 25.0. The van der Waals surface area contributed by atoms with E-state index in [1.807, 2.05) is 24.1 Å². The number of alkyl halides is 2. The zero-order chi connectivity index (χ0) is 21.3. The minimum atomic E-state index is -2.61. The van der Waals surface area contributed by atoms with Gasteiger partial charge in [-0.2, -0.15) is 5.10 Å². The summed E-state index contributed by atoms with van der Waals surface area (Å²) < 4.78 is 29.3. The molecule has 0 aromatic heterocycles. The number of allylic oxidation sites excluding steroid dienone is 1. The molecule has 1 fully saturated rings. The largest absolute Gasteiger partial charge is 0.342 e. The van der Waals surface area contributed by atoms with Gasteiger partial charge in [0.2, 0.25) is 0 Å². The molecule has 28 heavy (non-hydrogen) atoms. The van der Waals surface area contributed by atoms with Crippen molar-refractivity contribution in [2.45, 2.75) is 44.7 Å². The number of thioether (sulfide) groups is 1. The van der Waals surface area contributed by atoms with Gasteiger partial charge >= 0.3 is 0 Å². The molecule has 10 heteroatoms. The number of halogens is 3. The highest BCUT2D eigenvalue weighted by atomic mass is 35.5. The van der Waals surface area contributed by atoms with Gasteiger partial charge in [0.15, 0.2) is 5.04 Å². The Morgan fingerprint density at radius 2 is 2.11 bits per heavy atom. The molecule has 1 saturated carbocycles. The number of aliphatic imine (C=N–C) groups is 1. The standard InChI is InChI=1S/C16H23ClF2N4S2.C2H5N/c1-10(9-24-15(14(18)19)21-20-4)23-8-12(7-13(17)11(23)2)25-22-16(3)5-6-16;1-3-2/h7-8,11,14,20,22H,1,5-6,9H2,2-4H3;1H2,2H3/b21-15-;. The van der Waals surface area contributed by atoms with Crippen LogP contribution in [0.1, 0.15) is 26.7 Å². The van der Waals surface area contributed by atoms with Crippen molar-refractivity contribution in [2.24, 2.45) is 10.1 Å². The van der Waals surface area contributed by atoms with E-state index in [9.17, 15) is 8.78 Å². The van der Waals surface area contributed by atoms with E-state index in [2.05, 4.69) is 40.5 Å². The summed E-state index contributed by atoms with van der Waals surface area (Å²) in [6, 6.07) is -0.0770. The summed E-state index contributed by atoms with van der Waals surface area (Å²) in [5.74, 6) is 0.305. The Kier molecular flexibility index (Phi) is 10.6. The van der Waals surface area contributed by atoms with Crippen LogP contribution in [0.3, 0.4) is 0 Å². The van der Waals surface area contributed by atoms with Gasteiger partial charge in [-0.3, -0.25) is 4.72 Å². The predicted octanol–water partition coefficient (Wildman–Crippen LogP) is 4.81. The van der Waals surface area contributed by atoms with Crippen LogP contribution in [0.5, 0.6) is 0 Å². The van der Waals surface area contributed by atoms with Crippen LogP contribution in [0.2, 0.25) is 0 Å². The van der Waals surface area contributed by atoms with E-state index in [0.29, 0.717) is 16.5 Å². The second kappa shape index (κ2) is 11.8. The third-order valence-electron chi connectivity index (χ3n) is 3.94. The lowest BCUT2D eigenvalue weighted by Crippen LogP contribution is -2.32. The van der Waals surface area contributed by atoms with Crippen molar-refractivity contribution in [1.82, 2.24) is 15.0 Å². The highest BCUT2D eigenvalue weighted by Crippen LogP contribution is 2.39. The molecule has 1 unspecified atom stereocenters. The number of nitrogens with one attached hydrogen (secondary N) is 2. The van der Waals surface area contributed by atoms with Gasteiger partial charge in [0.25, 0.3) is 6.43 Å². The van der Waals surface area contributed by atoms with Crippen molar-refractivity contribution in [1.29, 1.82) is 0 Å². The fourth-order valence-corrected chi connectivity index (χ4v) is 4.01. The van der Waals surface area contributed by atoms with Crippen LogP contribution >= 0.6 is 35.3 Å². The third-order valence-corrected chi connectivity index (χ3v) is 6.46. The van der Waals surface area contributed by atoms with E-state index in [-0.39, 0.29) is 16.6 Å². The normalized spacial score (nSPS) is 20.6. The maximum atomic E-state index is 12.9. The van der Waals surface area contributed by atoms with Crippen molar-refractivity contribution in [2.75, 3.05) is 19.8 Å². The van der Waals surface area contributed by atoms with E-state index in [1.54, 1.807) is 7.05 Å². The molecule has 0 saturated heterocycles. The van der Waals surface area contributed by atoms with Crippen molar-refractivity contribution in [3.8, 4) is 0 Å². The molecule has 2 N–H and O–H groups in total. The molecule has 0 aromatic rings. The van der Waals surface area contributed by atoms with Gasteiger partial charge in [-0.05, 0) is 51.4 Å². The van der Waals surface area contributed by atoms with E-state index >= 15 is 0 Å². The second-order valence-corrected chi connectivity index (χ2v) is 8.87. The average molecular weight is 452 g/mol. The Bertz CT molecular complexity index is 648. The fraction of sp³-hybridized carbons (Fsp3) is 0.556. The highest BCUT2D eigenvalue weighted by Gasteiger charge is 2.37. The van der Waals surface area contributed by atoms with Gasteiger partial charge in [-0.25, -0.2) is 8.78 Å². The summed E-state index contributed by atoms with van der Waals surface area (Å²) in [6.07, 6.45) is 3.60. The molecule has 1 atom stereocenters. The summed E-state index contributed by atoms with van der Waals surface area (Å²) in [7, 11) is 3.13. The maximum absolute atomic E-state index is 12.9. The van der Waals surface area contributed by atoms with Gasteiger partial charge < -0.3 is 15.3 Å². The number of hydrogen-bond acceptors (Lipinski definition) is 7. The van der Waals surface area contributed by atoms with E-state index in [4.69, 9.17) is 11.6 Å². The fourth-order valence-electron chi connectivity index (χ4n) is 2.05. The van der Waals surface area contributed by atoms with Crippen LogP contribution in [0, 0.1) is 0 Å². The summed E-state index contributed by atoms with van der Waals surface area (Å²) in [5.41, 5.74) is 3.30. The lowest BCUT2D eigenvalue weighted by Gasteiger charge is -2.33. The molecule has 0 bridgehead atoms. The zero-order valence-corrected chi connectivity index (χ0v) is 19.0. The van der Waals surface area contributed by atoms with Gasteiger partial charge in [0.05, 0.1) is 6.04 Å². The molecule has 158 valence electrons. The highest BCUT2D eigenvalue weighted by molar-refractivity contribution is 8.14. The maximum Gasteiger partial charge on any atom is 0.287 e. The van der Waals surface area contributed by atoms with Gasteiger partial charge in [-0.1, -0.05) is 29.9 Å². The topological polar surface area (TPSA) is 52.0 Å². The zero-order valence-electron chi connectivity index (χ0n) is 16.6. The molecule has 0 amide bonds. The molecule has 2 aliphatic rings. The number of hydrazone groups is 1. The van der Waals surface area contributed by atoms with Gasteiger partial charge in [0, 0.05) is 47.2 Å². The Labute approximate surface area is 180 Å². The van der Waals surface area contributed by atoms with Crippen molar-refractivity contribution in [3.05, 3.63) is 34.5 Å². The van der Waals surface area contributed by atoms with Crippen LogP contribution in [-0.4, -0.2) is 54.5 Å². The van der Waals surface area contributed by atoms with Gasteiger partial charge in [0.1, 0.15) is 0 Å². The Morgan fingerprint density at radius 1 is 1.50 bits per heavy atom. The molecule has 0 radical (unpaired) electrons. The molecule has 1 aliphatic heterocycles. The van der Waals surface area contributed by atoms with E-state index in [0.717, 1.165) is 29.5 Å². The van der Waals surface area contributed by atoms with Crippen LogP contribution < -0.4 is 10.1 Å². The Morgan fingerprint density at radius 3 is 2.61 bits per heavy atom. The Balaban J connectivity index is 0.00000122. The molecule has 2 rings (SSSR count). The van der Waals surface area contributed by atoms with Gasteiger partial charge in [-0.15, -0.1) is 0 Å².